The van der Waals surface area contributed by atoms with Crippen molar-refractivity contribution in [3.05, 3.63) is 0 Å². The molecule has 2 aliphatic heterocycles. The largest absolute Gasteiger partial charge is 0.405 e. The van der Waals surface area contributed by atoms with Crippen LogP contribution in [0.1, 0.15) is 32.1 Å². The predicted octanol–water partition coefficient (Wildman–Crippen LogP) is 1.62. The molecule has 2 aliphatic rings. The molecule has 1 unspecified atom stereocenters. The third-order valence-electron chi connectivity index (χ3n) is 4.25. The van der Waals surface area contributed by atoms with Crippen molar-refractivity contribution in [1.82, 2.24) is 15.1 Å². The molecule has 7 heteroatoms. The summed E-state index contributed by atoms with van der Waals surface area (Å²) < 4.78 is 36.2. The molecule has 0 aromatic heterocycles. The van der Waals surface area contributed by atoms with Gasteiger partial charge in [0.1, 0.15) is 6.54 Å². The van der Waals surface area contributed by atoms with Crippen LogP contribution in [0.15, 0.2) is 0 Å². The van der Waals surface area contributed by atoms with Gasteiger partial charge in [-0.05, 0) is 45.3 Å². The smallest absolute Gasteiger partial charge is 0.346 e. The van der Waals surface area contributed by atoms with Crippen LogP contribution in [0, 0.1) is 0 Å². The Morgan fingerprint density at radius 1 is 1.10 bits per heavy atom. The van der Waals surface area contributed by atoms with Crippen molar-refractivity contribution in [1.29, 1.82) is 0 Å². The second-order valence-electron chi connectivity index (χ2n) is 6.02. The quantitative estimate of drug-likeness (QED) is 0.838. The van der Waals surface area contributed by atoms with Gasteiger partial charge in [-0.1, -0.05) is 6.42 Å². The van der Waals surface area contributed by atoms with Gasteiger partial charge in [0.25, 0.3) is 0 Å². The van der Waals surface area contributed by atoms with Crippen LogP contribution in [0.2, 0.25) is 0 Å². The lowest BCUT2D eigenvalue weighted by Crippen LogP contribution is -2.47. The first kappa shape index (κ1) is 16.5. The van der Waals surface area contributed by atoms with Crippen molar-refractivity contribution in [2.24, 2.45) is 0 Å². The summed E-state index contributed by atoms with van der Waals surface area (Å²) in [6.45, 7) is 2.78. The summed E-state index contributed by atoms with van der Waals surface area (Å²) in [5.41, 5.74) is 0. The van der Waals surface area contributed by atoms with Crippen molar-refractivity contribution in [2.45, 2.75) is 44.3 Å². The highest BCUT2D eigenvalue weighted by atomic mass is 19.4. The van der Waals surface area contributed by atoms with Gasteiger partial charge in [-0.2, -0.15) is 13.2 Å². The molecule has 4 nitrogen and oxygen atoms in total. The lowest BCUT2D eigenvalue weighted by Gasteiger charge is -2.32. The predicted molar refractivity (Wildman–Crippen MR) is 74.0 cm³/mol. The lowest BCUT2D eigenvalue weighted by molar-refractivity contribution is -0.139. The zero-order valence-corrected chi connectivity index (χ0v) is 12.3. The highest BCUT2D eigenvalue weighted by molar-refractivity contribution is 5.78. The van der Waals surface area contributed by atoms with Crippen LogP contribution in [-0.2, 0) is 4.79 Å². The van der Waals surface area contributed by atoms with Crippen molar-refractivity contribution in [3.8, 4) is 0 Å². The summed E-state index contributed by atoms with van der Waals surface area (Å²) in [6.07, 6.45) is 1.43. The fourth-order valence-electron chi connectivity index (χ4n) is 3.19. The number of nitrogens with one attached hydrogen (secondary N) is 1. The monoisotopic (exact) mass is 307 g/mol. The number of piperidine rings is 1. The maximum Gasteiger partial charge on any atom is 0.405 e. The van der Waals surface area contributed by atoms with E-state index < -0.39 is 18.6 Å². The summed E-state index contributed by atoms with van der Waals surface area (Å²) in [4.78, 5) is 16.1. The number of nitrogens with zero attached hydrogens (tertiary/aromatic N) is 2. The van der Waals surface area contributed by atoms with E-state index in [-0.39, 0.29) is 6.54 Å². The number of halogens is 3. The Morgan fingerprint density at radius 2 is 1.81 bits per heavy atom. The molecule has 21 heavy (non-hydrogen) atoms. The number of likely N-dealkylation sites (tertiary alicyclic amines) is 2. The standard InChI is InChI=1S/C14H24F3N3O/c15-14(16,17)11-18-13(21)10-20-8-4-5-12(20)9-19-6-2-1-3-7-19/h12H,1-11H2,(H,18,21). The van der Waals surface area contributed by atoms with Gasteiger partial charge in [0.05, 0.1) is 6.54 Å². The number of alkyl halides is 3. The molecule has 0 spiro atoms. The molecule has 1 N–H and O–H groups in total. The average Bonchev–Trinajstić information content (AvgIpc) is 2.84. The van der Waals surface area contributed by atoms with Crippen LogP contribution in [0.5, 0.6) is 0 Å². The van der Waals surface area contributed by atoms with Crippen molar-refractivity contribution in [3.63, 3.8) is 0 Å². The van der Waals surface area contributed by atoms with Gasteiger partial charge in [-0.3, -0.25) is 9.69 Å². The highest BCUT2D eigenvalue weighted by Crippen LogP contribution is 2.20. The Bertz CT molecular complexity index is 343. The molecular formula is C14H24F3N3O. The summed E-state index contributed by atoms with van der Waals surface area (Å²) in [7, 11) is 0. The first-order chi connectivity index (χ1) is 9.94. The van der Waals surface area contributed by atoms with Gasteiger partial charge in [-0.15, -0.1) is 0 Å². The van der Waals surface area contributed by atoms with E-state index in [4.69, 9.17) is 0 Å². The second-order valence-corrected chi connectivity index (χ2v) is 6.02. The molecule has 2 fully saturated rings. The average molecular weight is 307 g/mol. The number of rotatable bonds is 5. The maximum absolute atomic E-state index is 12.1. The molecule has 2 saturated heterocycles. The zero-order chi connectivity index (χ0) is 15.3. The van der Waals surface area contributed by atoms with Crippen LogP contribution in [0.25, 0.3) is 0 Å². The minimum atomic E-state index is -4.34. The molecule has 1 atom stereocenters. The molecule has 0 aliphatic carbocycles. The molecule has 0 bridgehead atoms. The van der Waals surface area contributed by atoms with Gasteiger partial charge in [-0.25, -0.2) is 0 Å². The number of hydrogen-bond acceptors (Lipinski definition) is 3. The van der Waals surface area contributed by atoms with Gasteiger partial charge in [0.15, 0.2) is 0 Å². The highest BCUT2D eigenvalue weighted by Gasteiger charge is 2.31. The summed E-state index contributed by atoms with van der Waals surface area (Å²) in [5, 5.41) is 1.95. The molecule has 0 radical (unpaired) electrons. The first-order valence-electron chi connectivity index (χ1n) is 7.74. The van der Waals surface area contributed by atoms with Gasteiger partial charge < -0.3 is 10.2 Å². The summed E-state index contributed by atoms with van der Waals surface area (Å²) in [5.74, 6) is -0.530. The Balaban J connectivity index is 1.74. The van der Waals surface area contributed by atoms with Gasteiger partial charge in [0, 0.05) is 12.6 Å². The van der Waals surface area contributed by atoms with E-state index in [0.717, 1.165) is 39.0 Å². The molecular weight excluding hydrogens is 283 g/mol. The van der Waals surface area contributed by atoms with Gasteiger partial charge >= 0.3 is 6.18 Å². The molecule has 0 aromatic rings. The van der Waals surface area contributed by atoms with Crippen LogP contribution in [0.3, 0.4) is 0 Å². The number of carbonyl (C=O) groups is 1. The van der Waals surface area contributed by atoms with E-state index in [2.05, 4.69) is 4.90 Å². The Labute approximate surface area is 123 Å². The molecule has 1 amide bonds. The van der Waals surface area contributed by atoms with E-state index in [9.17, 15) is 18.0 Å². The molecule has 2 heterocycles. The van der Waals surface area contributed by atoms with E-state index in [1.165, 1.54) is 19.3 Å². The molecule has 2 rings (SSSR count). The van der Waals surface area contributed by atoms with Crippen LogP contribution >= 0.6 is 0 Å². The molecule has 0 saturated carbocycles. The van der Waals surface area contributed by atoms with Crippen LogP contribution in [-0.4, -0.2) is 67.2 Å². The Kier molecular flexibility index (Phi) is 5.87. The minimum absolute atomic E-state index is 0.0780. The van der Waals surface area contributed by atoms with E-state index in [0.29, 0.717) is 6.04 Å². The summed E-state index contributed by atoms with van der Waals surface area (Å²) in [6, 6.07) is 0.305. The normalized spacial score (nSPS) is 25.2. The number of hydrogen-bond donors (Lipinski definition) is 1. The fourth-order valence-corrected chi connectivity index (χ4v) is 3.19. The van der Waals surface area contributed by atoms with Gasteiger partial charge in [0.2, 0.25) is 5.91 Å². The van der Waals surface area contributed by atoms with Crippen LogP contribution in [0.4, 0.5) is 13.2 Å². The van der Waals surface area contributed by atoms with Crippen molar-refractivity contribution in [2.75, 3.05) is 39.3 Å². The Morgan fingerprint density at radius 3 is 2.48 bits per heavy atom. The minimum Gasteiger partial charge on any atom is -0.346 e. The van der Waals surface area contributed by atoms with Crippen LogP contribution < -0.4 is 5.32 Å². The number of amides is 1. The second kappa shape index (κ2) is 7.45. The topological polar surface area (TPSA) is 35.6 Å². The lowest BCUT2D eigenvalue weighted by atomic mass is 10.1. The maximum atomic E-state index is 12.1. The molecule has 122 valence electrons. The number of carbonyl (C=O) groups excluding carboxylic acids is 1. The van der Waals surface area contributed by atoms with E-state index in [1.807, 2.05) is 10.2 Å². The third kappa shape index (κ3) is 5.82. The SMILES string of the molecule is O=C(CN1CCCC1CN1CCCCC1)NCC(F)(F)F. The zero-order valence-electron chi connectivity index (χ0n) is 12.3. The van der Waals surface area contributed by atoms with E-state index >= 15 is 0 Å². The van der Waals surface area contributed by atoms with Crippen molar-refractivity contribution >= 4 is 5.91 Å². The van der Waals surface area contributed by atoms with E-state index in [1.54, 1.807) is 0 Å². The Hall–Kier alpha value is -0.820. The summed E-state index contributed by atoms with van der Waals surface area (Å²) >= 11 is 0. The fraction of sp³-hybridized carbons (Fsp3) is 0.929. The first-order valence-corrected chi connectivity index (χ1v) is 7.74. The van der Waals surface area contributed by atoms with Crippen molar-refractivity contribution < 1.29 is 18.0 Å². The third-order valence-corrected chi connectivity index (χ3v) is 4.25. The molecule has 0 aromatic carbocycles.